The molecule has 0 spiro atoms. The first-order valence-electron chi connectivity index (χ1n) is 25.3. The van der Waals surface area contributed by atoms with Gasteiger partial charge in [0.05, 0.1) is 0 Å². The molecule has 2 fully saturated rings. The van der Waals surface area contributed by atoms with E-state index in [-0.39, 0.29) is 18.1 Å². The average Bonchev–Trinajstić information content (AvgIpc) is 4.22. The number of aliphatic imine (C=N–C) groups is 2. The summed E-state index contributed by atoms with van der Waals surface area (Å²) >= 11 is 0. The first kappa shape index (κ1) is 54.5. The Hall–Kier alpha value is -3.65. The third-order valence-corrected chi connectivity index (χ3v) is 12.0. The van der Waals surface area contributed by atoms with Gasteiger partial charge in [0, 0.05) is 79.5 Å². The van der Waals surface area contributed by atoms with Crippen LogP contribution in [0.5, 0.6) is 0 Å². The van der Waals surface area contributed by atoms with Crippen molar-refractivity contribution in [2.75, 3.05) is 79.5 Å². The summed E-state index contributed by atoms with van der Waals surface area (Å²) in [6.07, 6.45) is 31.9. The Labute approximate surface area is 377 Å². The molecule has 0 aromatic rings. The van der Waals surface area contributed by atoms with Crippen molar-refractivity contribution in [2.24, 2.45) is 33.3 Å². The normalized spacial score (nSPS) is 14.0. The number of nitrogens with zero attached hydrogens (tertiary/aromatic N) is 4. The van der Waals surface area contributed by atoms with Crippen molar-refractivity contribution in [2.45, 2.75) is 180 Å². The summed E-state index contributed by atoms with van der Waals surface area (Å²) in [7, 11) is 3.28. The molecule has 0 radical (unpaired) electrons. The number of rotatable bonds is 40. The molecule has 10 N–H and O–H groups in total. The van der Waals surface area contributed by atoms with Gasteiger partial charge in [-0.15, -0.1) is 0 Å². The van der Waals surface area contributed by atoms with Crippen LogP contribution in [0, 0.1) is 11.8 Å². The molecule has 2 aliphatic rings. The molecule has 0 aromatic heterocycles. The molecule has 360 valence electrons. The van der Waals surface area contributed by atoms with Gasteiger partial charge in [0.25, 0.3) is 0 Å². The molecular weight excluding hydrogens is 781 g/mol. The maximum atomic E-state index is 14.4. The van der Waals surface area contributed by atoms with E-state index in [1.165, 1.54) is 64.2 Å². The second kappa shape index (κ2) is 37.9. The number of urea groups is 3. The number of nitrogens with one attached hydrogen (secondary N) is 6. The number of carbonyl (C=O) groups excluding carboxylic acids is 3. The van der Waals surface area contributed by atoms with E-state index in [1.54, 1.807) is 14.1 Å². The van der Waals surface area contributed by atoms with Crippen molar-refractivity contribution in [3.63, 3.8) is 0 Å². The fourth-order valence-electron chi connectivity index (χ4n) is 7.53. The predicted octanol–water partition coefficient (Wildman–Crippen LogP) is 7.56. The lowest BCUT2D eigenvalue weighted by Gasteiger charge is -2.31. The van der Waals surface area contributed by atoms with E-state index in [9.17, 15) is 14.4 Å². The van der Waals surface area contributed by atoms with Crippen molar-refractivity contribution in [1.82, 2.24) is 41.7 Å². The van der Waals surface area contributed by atoms with Crippen LogP contribution in [0.2, 0.25) is 0 Å². The van der Waals surface area contributed by atoms with Gasteiger partial charge < -0.3 is 53.2 Å². The third-order valence-electron chi connectivity index (χ3n) is 12.0. The highest BCUT2D eigenvalue weighted by Crippen LogP contribution is 2.29. The lowest BCUT2D eigenvalue weighted by atomic mass is 10.1. The summed E-state index contributed by atoms with van der Waals surface area (Å²) in [5.74, 6) is 2.68. The summed E-state index contributed by atoms with van der Waals surface area (Å²) in [4.78, 5) is 50.4. The van der Waals surface area contributed by atoms with Crippen LogP contribution in [0.4, 0.5) is 14.4 Å². The lowest BCUT2D eigenvalue weighted by molar-refractivity contribution is 0.148. The second-order valence-electron chi connectivity index (χ2n) is 17.9. The third kappa shape index (κ3) is 33.0. The SMILES string of the molecule is CNC(=O)NCCCCCCCCN(CCCCCCCCNC(N)=NCC1CC1)C(=O)N(CCCCCCCCNC(=O)NC)CCCCCCCCNC(N)=NCC1CC1. The molecule has 15 heteroatoms. The molecule has 0 atom stereocenters. The average molecular weight is 875 g/mol. The molecule has 0 aliphatic heterocycles. The maximum Gasteiger partial charge on any atom is 0.319 e. The largest absolute Gasteiger partial charge is 0.370 e. The number of unbranched alkanes of at least 4 members (excludes halogenated alkanes) is 20. The summed E-state index contributed by atoms with van der Waals surface area (Å²) in [5, 5.41) is 17.5. The molecular formula is C47H94N12O3. The Morgan fingerprint density at radius 2 is 0.677 bits per heavy atom. The smallest absolute Gasteiger partial charge is 0.319 e. The Kier molecular flexibility index (Phi) is 33.3. The van der Waals surface area contributed by atoms with Crippen LogP contribution in [0.25, 0.3) is 0 Å². The summed E-state index contributed by atoms with van der Waals surface area (Å²) < 4.78 is 0. The fourth-order valence-corrected chi connectivity index (χ4v) is 7.53. The fraction of sp³-hybridized carbons (Fsp3) is 0.894. The molecule has 2 saturated carbocycles. The van der Waals surface area contributed by atoms with Gasteiger partial charge in [-0.2, -0.15) is 0 Å². The van der Waals surface area contributed by atoms with E-state index in [2.05, 4.69) is 51.7 Å². The van der Waals surface area contributed by atoms with Crippen LogP contribution in [0.1, 0.15) is 180 Å². The molecule has 6 amide bonds. The van der Waals surface area contributed by atoms with Gasteiger partial charge in [0.15, 0.2) is 11.9 Å². The van der Waals surface area contributed by atoms with Gasteiger partial charge in [-0.25, -0.2) is 14.4 Å². The zero-order valence-corrected chi connectivity index (χ0v) is 39.7. The zero-order chi connectivity index (χ0) is 44.7. The summed E-state index contributed by atoms with van der Waals surface area (Å²) in [6.45, 7) is 8.18. The molecule has 15 nitrogen and oxygen atoms in total. The van der Waals surface area contributed by atoms with E-state index < -0.39 is 0 Å². The van der Waals surface area contributed by atoms with Crippen LogP contribution in [-0.2, 0) is 0 Å². The minimum absolute atomic E-state index is 0.120. The summed E-state index contributed by atoms with van der Waals surface area (Å²) in [5.41, 5.74) is 12.0. The van der Waals surface area contributed by atoms with E-state index in [1.807, 2.05) is 0 Å². The minimum atomic E-state index is -0.120. The van der Waals surface area contributed by atoms with Crippen LogP contribution < -0.4 is 43.4 Å². The van der Waals surface area contributed by atoms with Gasteiger partial charge in [0.2, 0.25) is 0 Å². The van der Waals surface area contributed by atoms with Gasteiger partial charge in [-0.1, -0.05) is 103 Å². The van der Waals surface area contributed by atoms with Crippen LogP contribution in [-0.4, -0.2) is 119 Å². The summed E-state index contributed by atoms with van der Waals surface area (Å²) in [6, 6.07) is -0.0128. The van der Waals surface area contributed by atoms with Crippen LogP contribution >= 0.6 is 0 Å². The first-order chi connectivity index (χ1) is 30.3. The topological polar surface area (TPSA) is 207 Å². The molecule has 0 unspecified atom stereocenters. The van der Waals surface area contributed by atoms with Crippen molar-refractivity contribution in [3.05, 3.63) is 0 Å². The number of nitrogens with two attached hydrogens (primary N) is 2. The Bertz CT molecular complexity index is 1110. The molecule has 0 bridgehead atoms. The highest BCUT2D eigenvalue weighted by molar-refractivity contribution is 5.78. The second-order valence-corrected chi connectivity index (χ2v) is 17.9. The van der Waals surface area contributed by atoms with Gasteiger partial charge in [-0.05, 0) is 88.9 Å². The minimum Gasteiger partial charge on any atom is -0.370 e. The molecule has 0 saturated heterocycles. The standard InChI is InChI=1S/C47H94N12O3/c1-50-45(60)54-33-21-13-5-9-17-25-37-58(35-23-15-7-3-11-19-31-52-43(48)56-39-41-27-28-41)47(62)59(38-26-18-10-6-14-22-34-55-46(61)51-2)36-24-16-8-4-12-20-32-53-44(49)57-40-42-29-30-42/h41-42H,3-40H2,1-2H3,(H3,48,52,56)(H3,49,53,57)(H2,50,54,60)(H2,51,55,61). The van der Waals surface area contributed by atoms with Crippen molar-refractivity contribution in [3.8, 4) is 0 Å². The Morgan fingerprint density at radius 1 is 0.419 bits per heavy atom. The van der Waals surface area contributed by atoms with E-state index >= 15 is 0 Å². The maximum absolute atomic E-state index is 14.4. The predicted molar refractivity (Wildman–Crippen MR) is 259 cm³/mol. The number of amides is 6. The van der Waals surface area contributed by atoms with Crippen molar-refractivity contribution < 1.29 is 14.4 Å². The molecule has 2 aliphatic carbocycles. The van der Waals surface area contributed by atoms with E-state index in [0.717, 1.165) is 180 Å². The number of carbonyl (C=O) groups is 3. The Balaban J connectivity index is 1.81. The zero-order valence-electron chi connectivity index (χ0n) is 39.7. The molecule has 62 heavy (non-hydrogen) atoms. The number of hydrogen-bond acceptors (Lipinski definition) is 5. The first-order valence-corrected chi connectivity index (χ1v) is 25.3. The lowest BCUT2D eigenvalue weighted by Crippen LogP contribution is -2.45. The van der Waals surface area contributed by atoms with Gasteiger partial charge in [0.1, 0.15) is 0 Å². The number of hydrogen-bond donors (Lipinski definition) is 8. The van der Waals surface area contributed by atoms with Crippen molar-refractivity contribution in [1.29, 1.82) is 0 Å². The van der Waals surface area contributed by atoms with E-state index in [0.29, 0.717) is 25.0 Å². The highest BCUT2D eigenvalue weighted by Gasteiger charge is 2.22. The Morgan fingerprint density at radius 3 is 0.952 bits per heavy atom. The molecule has 2 rings (SSSR count). The number of guanidine groups is 2. The van der Waals surface area contributed by atoms with Gasteiger partial charge >= 0.3 is 18.1 Å². The van der Waals surface area contributed by atoms with E-state index in [4.69, 9.17) is 11.5 Å². The molecule has 0 aromatic carbocycles. The van der Waals surface area contributed by atoms with Crippen molar-refractivity contribution >= 4 is 30.0 Å². The highest BCUT2D eigenvalue weighted by atomic mass is 16.2. The monoisotopic (exact) mass is 875 g/mol. The van der Waals surface area contributed by atoms with Crippen LogP contribution in [0.15, 0.2) is 9.98 Å². The van der Waals surface area contributed by atoms with Gasteiger partial charge in [-0.3, -0.25) is 9.98 Å². The molecule has 0 heterocycles. The van der Waals surface area contributed by atoms with Crippen LogP contribution in [0.3, 0.4) is 0 Å². The quantitative estimate of drug-likeness (QED) is 0.0176.